The molecule has 2 aromatic rings. The van der Waals surface area contributed by atoms with E-state index in [0.717, 1.165) is 12.1 Å². The van der Waals surface area contributed by atoms with Crippen molar-refractivity contribution in [1.29, 1.82) is 0 Å². The second-order valence-electron chi connectivity index (χ2n) is 6.15. The first kappa shape index (κ1) is 19.2. The molecule has 0 radical (unpaired) electrons. The summed E-state index contributed by atoms with van der Waals surface area (Å²) >= 11 is 5.32. The van der Waals surface area contributed by atoms with Gasteiger partial charge in [-0.2, -0.15) is 13.2 Å². The first-order valence-corrected chi connectivity index (χ1v) is 8.83. The maximum absolute atomic E-state index is 12.8. The number of thiocarbonyl (C=S) groups is 1. The number of halogens is 3. The van der Waals surface area contributed by atoms with Crippen LogP contribution < -0.4 is 5.32 Å². The van der Waals surface area contributed by atoms with Crippen molar-refractivity contribution in [2.45, 2.75) is 6.18 Å². The second-order valence-corrected chi connectivity index (χ2v) is 6.54. The Balaban J connectivity index is 1.57. The Morgan fingerprint density at radius 2 is 1.56 bits per heavy atom. The van der Waals surface area contributed by atoms with Gasteiger partial charge < -0.3 is 15.1 Å². The monoisotopic (exact) mass is 393 g/mol. The summed E-state index contributed by atoms with van der Waals surface area (Å²) in [4.78, 5) is 16.1. The quantitative estimate of drug-likeness (QED) is 0.786. The Morgan fingerprint density at radius 3 is 2.19 bits per heavy atom. The van der Waals surface area contributed by atoms with Crippen molar-refractivity contribution in [1.82, 2.24) is 9.80 Å². The van der Waals surface area contributed by atoms with E-state index in [1.54, 1.807) is 17.0 Å². The highest BCUT2D eigenvalue weighted by Gasteiger charge is 2.30. The molecule has 1 amide bonds. The average molecular weight is 393 g/mol. The van der Waals surface area contributed by atoms with Crippen LogP contribution in [0.1, 0.15) is 15.9 Å². The van der Waals surface area contributed by atoms with Gasteiger partial charge in [0.15, 0.2) is 5.11 Å². The average Bonchev–Trinajstić information content (AvgIpc) is 2.68. The van der Waals surface area contributed by atoms with Crippen molar-refractivity contribution < 1.29 is 18.0 Å². The van der Waals surface area contributed by atoms with E-state index in [0.29, 0.717) is 36.9 Å². The highest BCUT2D eigenvalue weighted by Crippen LogP contribution is 2.30. The molecule has 3 rings (SSSR count). The summed E-state index contributed by atoms with van der Waals surface area (Å²) < 4.78 is 38.4. The van der Waals surface area contributed by atoms with Crippen LogP contribution in [-0.4, -0.2) is 47.0 Å². The number of nitrogens with zero attached hydrogens (tertiary/aromatic N) is 2. The third-order valence-electron chi connectivity index (χ3n) is 4.32. The number of rotatable bonds is 2. The molecular weight excluding hydrogens is 375 g/mol. The molecule has 142 valence electrons. The fourth-order valence-electron chi connectivity index (χ4n) is 2.85. The Labute approximate surface area is 160 Å². The fourth-order valence-corrected chi connectivity index (χ4v) is 3.15. The maximum atomic E-state index is 12.8. The third kappa shape index (κ3) is 4.77. The molecule has 0 aromatic heterocycles. The zero-order valence-corrected chi connectivity index (χ0v) is 15.2. The smallest absolute Gasteiger partial charge is 0.345 e. The number of carbonyl (C=O) groups excluding carboxylic acids is 1. The molecule has 1 aliphatic rings. The van der Waals surface area contributed by atoms with Gasteiger partial charge in [0.1, 0.15) is 0 Å². The van der Waals surface area contributed by atoms with Gasteiger partial charge >= 0.3 is 6.18 Å². The fraction of sp³-hybridized carbons (Fsp3) is 0.263. The molecule has 4 nitrogen and oxygen atoms in total. The number of carbonyl (C=O) groups is 1. The van der Waals surface area contributed by atoms with Crippen LogP contribution in [0.2, 0.25) is 0 Å². The zero-order chi connectivity index (χ0) is 19.4. The van der Waals surface area contributed by atoms with E-state index in [4.69, 9.17) is 12.2 Å². The molecule has 1 N–H and O–H groups in total. The number of anilines is 1. The van der Waals surface area contributed by atoms with E-state index in [2.05, 4.69) is 5.32 Å². The molecule has 0 bridgehead atoms. The molecule has 1 aliphatic heterocycles. The van der Waals surface area contributed by atoms with E-state index >= 15 is 0 Å². The Morgan fingerprint density at radius 1 is 0.926 bits per heavy atom. The Bertz CT molecular complexity index is 818. The van der Waals surface area contributed by atoms with Crippen LogP contribution in [-0.2, 0) is 6.18 Å². The minimum absolute atomic E-state index is 0.0352. The van der Waals surface area contributed by atoms with Crippen molar-refractivity contribution in [2.75, 3.05) is 31.5 Å². The van der Waals surface area contributed by atoms with Crippen LogP contribution >= 0.6 is 12.2 Å². The van der Waals surface area contributed by atoms with E-state index in [-0.39, 0.29) is 11.6 Å². The number of nitrogens with one attached hydrogen (secondary N) is 1. The van der Waals surface area contributed by atoms with Crippen LogP contribution in [0.5, 0.6) is 0 Å². The highest BCUT2D eigenvalue weighted by atomic mass is 32.1. The van der Waals surface area contributed by atoms with Crippen LogP contribution in [0.3, 0.4) is 0 Å². The summed E-state index contributed by atoms with van der Waals surface area (Å²) in [5.74, 6) is -0.0352. The lowest BCUT2D eigenvalue weighted by atomic mass is 10.2. The summed E-state index contributed by atoms with van der Waals surface area (Å²) in [6.45, 7) is 2.03. The van der Waals surface area contributed by atoms with Crippen molar-refractivity contribution in [3.05, 3.63) is 65.7 Å². The van der Waals surface area contributed by atoms with E-state index in [1.165, 1.54) is 12.1 Å². The molecule has 1 saturated heterocycles. The molecule has 27 heavy (non-hydrogen) atoms. The summed E-state index contributed by atoms with van der Waals surface area (Å²) in [5.41, 5.74) is 0.196. The number of benzene rings is 2. The predicted molar refractivity (Wildman–Crippen MR) is 102 cm³/mol. The molecule has 0 aliphatic carbocycles. The van der Waals surface area contributed by atoms with Crippen LogP contribution in [0.25, 0.3) is 0 Å². The SMILES string of the molecule is O=C(c1ccccc1)N1CCN(C(=S)Nc2cccc(C(F)(F)F)c2)CC1. The third-order valence-corrected chi connectivity index (χ3v) is 4.68. The molecule has 0 atom stereocenters. The van der Waals surface area contributed by atoms with Gasteiger partial charge in [-0.15, -0.1) is 0 Å². The Kier molecular flexibility index (Phi) is 5.65. The van der Waals surface area contributed by atoms with Crippen LogP contribution in [0.4, 0.5) is 18.9 Å². The first-order chi connectivity index (χ1) is 12.8. The molecule has 0 spiro atoms. The highest BCUT2D eigenvalue weighted by molar-refractivity contribution is 7.80. The number of alkyl halides is 3. The molecule has 8 heteroatoms. The van der Waals surface area contributed by atoms with Crippen molar-refractivity contribution in [3.8, 4) is 0 Å². The van der Waals surface area contributed by atoms with Crippen LogP contribution in [0, 0.1) is 0 Å². The number of hydrogen-bond donors (Lipinski definition) is 1. The minimum atomic E-state index is -4.40. The van der Waals surface area contributed by atoms with Gasteiger partial charge in [0.2, 0.25) is 0 Å². The van der Waals surface area contributed by atoms with E-state index < -0.39 is 11.7 Å². The summed E-state index contributed by atoms with van der Waals surface area (Å²) in [7, 11) is 0. The number of hydrogen-bond acceptors (Lipinski definition) is 2. The number of piperazine rings is 1. The van der Waals surface area contributed by atoms with E-state index in [9.17, 15) is 18.0 Å². The standard InChI is InChI=1S/C19H18F3N3OS/c20-19(21,22)15-7-4-8-16(13-15)23-18(27)25-11-9-24(10-12-25)17(26)14-5-2-1-3-6-14/h1-8,13H,9-12H2,(H,23,27). The van der Waals surface area contributed by atoms with Crippen molar-refractivity contribution in [2.24, 2.45) is 0 Å². The normalized spacial score (nSPS) is 14.8. The number of amides is 1. The van der Waals surface area contributed by atoms with Gasteiger partial charge in [-0.1, -0.05) is 24.3 Å². The molecule has 1 heterocycles. The topological polar surface area (TPSA) is 35.6 Å². The molecule has 0 saturated carbocycles. The van der Waals surface area contributed by atoms with Gasteiger partial charge in [0.25, 0.3) is 5.91 Å². The largest absolute Gasteiger partial charge is 0.416 e. The second kappa shape index (κ2) is 7.96. The van der Waals surface area contributed by atoms with Gasteiger partial charge in [0.05, 0.1) is 5.56 Å². The lowest BCUT2D eigenvalue weighted by Crippen LogP contribution is -2.51. The first-order valence-electron chi connectivity index (χ1n) is 8.42. The van der Waals surface area contributed by atoms with Gasteiger partial charge in [0, 0.05) is 37.4 Å². The van der Waals surface area contributed by atoms with Gasteiger partial charge in [-0.3, -0.25) is 4.79 Å². The van der Waals surface area contributed by atoms with Crippen LogP contribution in [0.15, 0.2) is 54.6 Å². The van der Waals surface area contributed by atoms with Gasteiger partial charge in [-0.05, 0) is 42.5 Å². The minimum Gasteiger partial charge on any atom is -0.345 e. The van der Waals surface area contributed by atoms with Crippen molar-refractivity contribution in [3.63, 3.8) is 0 Å². The summed E-state index contributed by atoms with van der Waals surface area (Å²) in [6, 6.07) is 14.0. The molecule has 2 aromatic carbocycles. The van der Waals surface area contributed by atoms with Gasteiger partial charge in [-0.25, -0.2) is 0 Å². The molecular formula is C19H18F3N3OS. The summed E-state index contributed by atoms with van der Waals surface area (Å²) in [5, 5.41) is 3.20. The summed E-state index contributed by atoms with van der Waals surface area (Å²) in [6.07, 6.45) is -4.40. The lowest BCUT2D eigenvalue weighted by Gasteiger charge is -2.36. The van der Waals surface area contributed by atoms with E-state index in [1.807, 2.05) is 23.1 Å². The lowest BCUT2D eigenvalue weighted by molar-refractivity contribution is -0.137. The predicted octanol–water partition coefficient (Wildman–Crippen LogP) is 3.86. The molecule has 1 fully saturated rings. The van der Waals surface area contributed by atoms with Crippen molar-refractivity contribution >= 4 is 28.9 Å². The Hall–Kier alpha value is -2.61. The molecule has 0 unspecified atom stereocenters. The maximum Gasteiger partial charge on any atom is 0.416 e. The zero-order valence-electron chi connectivity index (χ0n) is 14.4.